The van der Waals surface area contributed by atoms with Crippen LogP contribution in [-0.4, -0.2) is 18.0 Å². The zero-order valence-corrected chi connectivity index (χ0v) is 10.0. The minimum Gasteiger partial charge on any atom is -0.311 e. The summed E-state index contributed by atoms with van der Waals surface area (Å²) < 4.78 is 26.6. The lowest BCUT2D eigenvalue weighted by Crippen LogP contribution is -2.56. The van der Waals surface area contributed by atoms with Crippen LogP contribution in [0, 0.1) is 5.92 Å². The average molecular weight is 240 g/mol. The molecule has 0 amide bonds. The Labute approximate surface area is 96.4 Å². The van der Waals surface area contributed by atoms with Gasteiger partial charge in [0, 0.05) is 24.9 Å². The summed E-state index contributed by atoms with van der Waals surface area (Å²) in [5.74, 6) is -1.98. The normalized spacial score (nSPS) is 36.2. The smallest absolute Gasteiger partial charge is 0.251 e. The highest BCUT2D eigenvalue weighted by Crippen LogP contribution is 2.42. The van der Waals surface area contributed by atoms with E-state index in [1.54, 1.807) is 0 Å². The van der Waals surface area contributed by atoms with Gasteiger partial charge in [-0.25, -0.2) is 8.78 Å². The van der Waals surface area contributed by atoms with E-state index in [1.165, 1.54) is 12.8 Å². The molecule has 0 aromatic rings. The van der Waals surface area contributed by atoms with E-state index in [0.717, 1.165) is 12.8 Å². The number of rotatable bonds is 1. The Morgan fingerprint density at radius 1 is 1.20 bits per heavy atom. The zero-order valence-electron chi connectivity index (χ0n) is 9.19. The minimum atomic E-state index is -2.44. The van der Waals surface area contributed by atoms with Crippen molar-refractivity contribution < 1.29 is 8.78 Å². The van der Waals surface area contributed by atoms with Crippen LogP contribution in [0.15, 0.2) is 0 Å². The number of nitrogens with one attached hydrogen (secondary N) is 1. The van der Waals surface area contributed by atoms with Crippen LogP contribution in [0.1, 0.15) is 45.4 Å². The summed E-state index contributed by atoms with van der Waals surface area (Å²) in [6.45, 7) is 2.45. The molecule has 0 aromatic heterocycles. The molecule has 1 aliphatic carbocycles. The SMILES string of the molecule is CC1(C2CCCC2)CC(F)(F)CCN1.Cl. The number of hydrogen-bond acceptors (Lipinski definition) is 1. The highest BCUT2D eigenvalue weighted by atomic mass is 35.5. The van der Waals surface area contributed by atoms with Crippen molar-refractivity contribution in [3.8, 4) is 0 Å². The first-order valence-corrected chi connectivity index (χ1v) is 5.65. The van der Waals surface area contributed by atoms with E-state index in [0.29, 0.717) is 12.5 Å². The van der Waals surface area contributed by atoms with Crippen molar-refractivity contribution in [1.29, 1.82) is 0 Å². The molecule has 1 nitrogen and oxygen atoms in total. The van der Waals surface area contributed by atoms with Crippen LogP contribution in [-0.2, 0) is 0 Å². The standard InChI is InChI=1S/C11H19F2N.ClH/c1-10(9-4-2-3-5-9)8-11(12,13)6-7-14-10;/h9,14H,2-8H2,1H3;1H. The van der Waals surface area contributed by atoms with E-state index in [-0.39, 0.29) is 30.8 Å². The maximum Gasteiger partial charge on any atom is 0.251 e. The highest BCUT2D eigenvalue weighted by Gasteiger charge is 2.47. The second kappa shape index (κ2) is 4.54. The van der Waals surface area contributed by atoms with Crippen LogP contribution in [0.5, 0.6) is 0 Å². The second-order valence-corrected chi connectivity index (χ2v) is 5.11. The van der Waals surface area contributed by atoms with Crippen LogP contribution >= 0.6 is 12.4 Å². The summed E-state index contributed by atoms with van der Waals surface area (Å²) in [6, 6.07) is 0. The first-order valence-electron chi connectivity index (χ1n) is 5.65. The summed E-state index contributed by atoms with van der Waals surface area (Å²) in [5, 5.41) is 3.31. The minimum absolute atomic E-state index is 0. The first-order chi connectivity index (χ1) is 6.52. The average Bonchev–Trinajstić information content (AvgIpc) is 2.52. The maximum atomic E-state index is 13.3. The molecule has 90 valence electrons. The zero-order chi connectivity index (χ0) is 10.2. The number of hydrogen-bond donors (Lipinski definition) is 1. The van der Waals surface area contributed by atoms with E-state index in [4.69, 9.17) is 0 Å². The molecular formula is C11H20ClF2N. The maximum absolute atomic E-state index is 13.3. The molecule has 0 bridgehead atoms. The van der Waals surface area contributed by atoms with Crippen molar-refractivity contribution in [1.82, 2.24) is 5.32 Å². The molecule has 1 N–H and O–H groups in total. The molecule has 1 heterocycles. The first kappa shape index (κ1) is 13.2. The summed E-state index contributed by atoms with van der Waals surface area (Å²) in [6.07, 6.45) is 4.72. The van der Waals surface area contributed by atoms with E-state index in [9.17, 15) is 8.78 Å². The van der Waals surface area contributed by atoms with Gasteiger partial charge in [0.05, 0.1) is 0 Å². The third kappa shape index (κ3) is 2.82. The van der Waals surface area contributed by atoms with Gasteiger partial charge < -0.3 is 5.32 Å². The fraction of sp³-hybridized carbons (Fsp3) is 1.00. The number of halogens is 3. The predicted molar refractivity (Wildman–Crippen MR) is 59.8 cm³/mol. The molecule has 1 aliphatic heterocycles. The Balaban J connectivity index is 0.00000112. The number of alkyl halides is 2. The molecule has 1 unspecified atom stereocenters. The molecule has 1 saturated carbocycles. The molecule has 0 spiro atoms. The van der Waals surface area contributed by atoms with Crippen LogP contribution in [0.4, 0.5) is 8.78 Å². The Kier molecular flexibility index (Phi) is 3.99. The predicted octanol–water partition coefficient (Wildman–Crippen LogP) is 3.38. The Morgan fingerprint density at radius 2 is 1.80 bits per heavy atom. The molecule has 15 heavy (non-hydrogen) atoms. The molecule has 2 fully saturated rings. The van der Waals surface area contributed by atoms with Gasteiger partial charge in [-0.05, 0) is 25.7 Å². The summed E-state index contributed by atoms with van der Waals surface area (Å²) in [7, 11) is 0. The largest absolute Gasteiger partial charge is 0.311 e. The lowest BCUT2D eigenvalue weighted by molar-refractivity contribution is -0.0713. The van der Waals surface area contributed by atoms with Crippen molar-refractivity contribution in [2.75, 3.05) is 6.54 Å². The molecule has 1 atom stereocenters. The van der Waals surface area contributed by atoms with E-state index in [1.807, 2.05) is 6.92 Å². The van der Waals surface area contributed by atoms with E-state index in [2.05, 4.69) is 5.32 Å². The number of piperidine rings is 1. The van der Waals surface area contributed by atoms with Gasteiger partial charge in [0.25, 0.3) is 5.92 Å². The van der Waals surface area contributed by atoms with Crippen LogP contribution in [0.2, 0.25) is 0 Å². The fourth-order valence-corrected chi connectivity index (χ4v) is 3.07. The van der Waals surface area contributed by atoms with Gasteiger partial charge in [0.15, 0.2) is 0 Å². The topological polar surface area (TPSA) is 12.0 Å². The van der Waals surface area contributed by atoms with Crippen molar-refractivity contribution in [2.45, 2.75) is 56.9 Å². The lowest BCUT2D eigenvalue weighted by atomic mass is 9.77. The molecule has 4 heteroatoms. The Bertz CT molecular complexity index is 217. The molecule has 1 saturated heterocycles. The van der Waals surface area contributed by atoms with Gasteiger partial charge in [-0.1, -0.05) is 12.8 Å². The summed E-state index contributed by atoms with van der Waals surface area (Å²) in [5.41, 5.74) is -0.307. The van der Waals surface area contributed by atoms with Crippen LogP contribution in [0.3, 0.4) is 0 Å². The fourth-order valence-electron chi connectivity index (χ4n) is 3.07. The van der Waals surface area contributed by atoms with Gasteiger partial charge in [-0.15, -0.1) is 12.4 Å². The van der Waals surface area contributed by atoms with E-state index < -0.39 is 5.92 Å². The lowest BCUT2D eigenvalue weighted by Gasteiger charge is -2.43. The highest BCUT2D eigenvalue weighted by molar-refractivity contribution is 5.85. The van der Waals surface area contributed by atoms with Crippen molar-refractivity contribution >= 4 is 12.4 Å². The second-order valence-electron chi connectivity index (χ2n) is 5.11. The molecule has 0 radical (unpaired) electrons. The third-order valence-electron chi connectivity index (χ3n) is 3.90. The summed E-state index contributed by atoms with van der Waals surface area (Å²) >= 11 is 0. The molecule has 0 aromatic carbocycles. The van der Waals surface area contributed by atoms with Crippen LogP contribution < -0.4 is 5.32 Å². The van der Waals surface area contributed by atoms with E-state index >= 15 is 0 Å². The van der Waals surface area contributed by atoms with Gasteiger partial charge in [0.2, 0.25) is 0 Å². The Morgan fingerprint density at radius 3 is 2.33 bits per heavy atom. The van der Waals surface area contributed by atoms with Gasteiger partial charge >= 0.3 is 0 Å². The van der Waals surface area contributed by atoms with Crippen molar-refractivity contribution in [2.24, 2.45) is 5.92 Å². The molecular weight excluding hydrogens is 220 g/mol. The van der Waals surface area contributed by atoms with Crippen molar-refractivity contribution in [3.63, 3.8) is 0 Å². The van der Waals surface area contributed by atoms with Crippen molar-refractivity contribution in [3.05, 3.63) is 0 Å². The van der Waals surface area contributed by atoms with Gasteiger partial charge in [-0.3, -0.25) is 0 Å². The molecule has 2 rings (SSSR count). The van der Waals surface area contributed by atoms with Crippen LogP contribution in [0.25, 0.3) is 0 Å². The molecule has 2 aliphatic rings. The monoisotopic (exact) mass is 239 g/mol. The quantitative estimate of drug-likeness (QED) is 0.740. The van der Waals surface area contributed by atoms with Gasteiger partial charge in [0.1, 0.15) is 0 Å². The third-order valence-corrected chi connectivity index (χ3v) is 3.90. The van der Waals surface area contributed by atoms with Gasteiger partial charge in [-0.2, -0.15) is 0 Å². The summed E-state index contributed by atoms with van der Waals surface area (Å²) in [4.78, 5) is 0. The Hall–Kier alpha value is 0.110.